The van der Waals surface area contributed by atoms with E-state index in [9.17, 15) is 4.79 Å². The molecule has 0 aromatic carbocycles. The fraction of sp³-hybridized carbons (Fsp3) is 0.538. The molecule has 100 valence electrons. The van der Waals surface area contributed by atoms with E-state index in [0.29, 0.717) is 13.2 Å². The van der Waals surface area contributed by atoms with Crippen molar-refractivity contribution in [2.75, 3.05) is 19.7 Å². The number of esters is 1. The van der Waals surface area contributed by atoms with Crippen molar-refractivity contribution in [2.45, 2.75) is 26.3 Å². The van der Waals surface area contributed by atoms with Crippen LogP contribution >= 0.6 is 0 Å². The molecule has 5 nitrogen and oxygen atoms in total. The molecule has 1 aromatic heterocycles. The summed E-state index contributed by atoms with van der Waals surface area (Å²) in [5.41, 5.74) is 0. The van der Waals surface area contributed by atoms with E-state index in [1.165, 1.54) is 6.08 Å². The number of unbranched alkanes of at least 4 members (excludes halogenated alkanes) is 1. The molecule has 18 heavy (non-hydrogen) atoms. The van der Waals surface area contributed by atoms with Gasteiger partial charge in [-0.05, 0) is 26.3 Å². The quantitative estimate of drug-likeness (QED) is 0.409. The van der Waals surface area contributed by atoms with Crippen molar-refractivity contribution in [3.63, 3.8) is 0 Å². The Morgan fingerprint density at radius 2 is 2.39 bits per heavy atom. The van der Waals surface area contributed by atoms with Gasteiger partial charge in [0.1, 0.15) is 0 Å². The van der Waals surface area contributed by atoms with Crippen molar-refractivity contribution in [2.24, 2.45) is 0 Å². The molecule has 0 radical (unpaired) electrons. The molecule has 0 unspecified atom stereocenters. The first-order valence-corrected chi connectivity index (χ1v) is 6.32. The predicted molar refractivity (Wildman–Crippen MR) is 70.1 cm³/mol. The van der Waals surface area contributed by atoms with Gasteiger partial charge in [0.25, 0.3) is 0 Å². The van der Waals surface area contributed by atoms with E-state index in [2.05, 4.69) is 14.9 Å². The van der Waals surface area contributed by atoms with Gasteiger partial charge >= 0.3 is 5.97 Å². The van der Waals surface area contributed by atoms with Crippen molar-refractivity contribution in [1.29, 1.82) is 0 Å². The molecule has 0 fully saturated rings. The standard InChI is InChI=1S/C13H21N3O2/c1-2-18-13(17)6-5-8-14-7-3-4-10-16-11-9-15-12-16/h5-6,9,11-12,14H,2-4,7-8,10H2,1H3/b6-5+. The Morgan fingerprint density at radius 1 is 1.50 bits per heavy atom. The van der Waals surface area contributed by atoms with E-state index < -0.39 is 0 Å². The molecular weight excluding hydrogens is 230 g/mol. The smallest absolute Gasteiger partial charge is 0.330 e. The first kappa shape index (κ1) is 14.4. The number of rotatable bonds is 9. The van der Waals surface area contributed by atoms with E-state index in [0.717, 1.165) is 25.9 Å². The predicted octanol–water partition coefficient (Wildman–Crippen LogP) is 1.37. The molecule has 0 atom stereocenters. The third kappa shape index (κ3) is 6.85. The second kappa shape index (κ2) is 9.41. The zero-order valence-electron chi connectivity index (χ0n) is 10.8. The number of carbonyl (C=O) groups excluding carboxylic acids is 1. The molecule has 0 spiro atoms. The molecule has 0 aliphatic carbocycles. The Hall–Kier alpha value is -1.62. The van der Waals surface area contributed by atoms with E-state index in [-0.39, 0.29) is 5.97 Å². The van der Waals surface area contributed by atoms with Gasteiger partial charge in [-0.15, -0.1) is 0 Å². The summed E-state index contributed by atoms with van der Waals surface area (Å²) in [6.07, 6.45) is 11.1. The molecule has 1 heterocycles. The summed E-state index contributed by atoms with van der Waals surface area (Å²) in [5.74, 6) is -0.278. The number of imidazole rings is 1. The summed E-state index contributed by atoms with van der Waals surface area (Å²) in [5, 5.41) is 3.24. The van der Waals surface area contributed by atoms with E-state index in [4.69, 9.17) is 4.74 Å². The zero-order chi connectivity index (χ0) is 13.1. The van der Waals surface area contributed by atoms with E-state index >= 15 is 0 Å². The van der Waals surface area contributed by atoms with Crippen LogP contribution in [0.25, 0.3) is 0 Å². The Bertz CT molecular complexity index is 347. The fourth-order valence-electron chi connectivity index (χ4n) is 1.49. The zero-order valence-corrected chi connectivity index (χ0v) is 10.8. The highest BCUT2D eigenvalue weighted by Crippen LogP contribution is 1.93. The number of nitrogens with zero attached hydrogens (tertiary/aromatic N) is 2. The van der Waals surface area contributed by atoms with Crippen LogP contribution in [-0.4, -0.2) is 35.2 Å². The maximum absolute atomic E-state index is 11.0. The largest absolute Gasteiger partial charge is 0.463 e. The number of hydrogen-bond acceptors (Lipinski definition) is 4. The molecule has 0 amide bonds. The maximum Gasteiger partial charge on any atom is 0.330 e. The molecule has 1 N–H and O–H groups in total. The lowest BCUT2D eigenvalue weighted by Gasteiger charge is -2.03. The molecule has 0 saturated heterocycles. The van der Waals surface area contributed by atoms with Crippen LogP contribution in [0.2, 0.25) is 0 Å². The van der Waals surface area contributed by atoms with Crippen LogP contribution in [0.15, 0.2) is 30.9 Å². The first-order valence-electron chi connectivity index (χ1n) is 6.32. The second-order valence-corrected chi connectivity index (χ2v) is 3.87. The van der Waals surface area contributed by atoms with Gasteiger partial charge in [-0.2, -0.15) is 0 Å². The summed E-state index contributed by atoms with van der Waals surface area (Å²) >= 11 is 0. The third-order valence-electron chi connectivity index (χ3n) is 2.38. The van der Waals surface area contributed by atoms with Gasteiger partial charge in [0.15, 0.2) is 0 Å². The van der Waals surface area contributed by atoms with E-state index in [1.807, 2.05) is 12.5 Å². The maximum atomic E-state index is 11.0. The lowest BCUT2D eigenvalue weighted by Crippen LogP contribution is -2.15. The van der Waals surface area contributed by atoms with Gasteiger partial charge in [0.2, 0.25) is 0 Å². The Balaban J connectivity index is 1.91. The number of aryl methyl sites for hydroxylation is 1. The van der Waals surface area contributed by atoms with E-state index in [1.54, 1.807) is 19.2 Å². The molecule has 1 aromatic rings. The summed E-state index contributed by atoms with van der Waals surface area (Å²) in [4.78, 5) is 15.0. The summed E-state index contributed by atoms with van der Waals surface area (Å²) in [7, 11) is 0. The van der Waals surface area contributed by atoms with Gasteiger partial charge in [-0.1, -0.05) is 6.08 Å². The topological polar surface area (TPSA) is 56.1 Å². The van der Waals surface area contributed by atoms with Crippen molar-refractivity contribution < 1.29 is 9.53 Å². The molecule has 0 aliphatic heterocycles. The van der Waals surface area contributed by atoms with Gasteiger partial charge in [-0.25, -0.2) is 9.78 Å². The van der Waals surface area contributed by atoms with Crippen molar-refractivity contribution in [3.8, 4) is 0 Å². The molecule has 1 rings (SSSR count). The van der Waals surface area contributed by atoms with Gasteiger partial charge in [-0.3, -0.25) is 0 Å². The first-order chi connectivity index (χ1) is 8.83. The number of carbonyl (C=O) groups is 1. The summed E-state index contributed by atoms with van der Waals surface area (Å²) in [6, 6.07) is 0. The lowest BCUT2D eigenvalue weighted by molar-refractivity contribution is -0.137. The number of hydrogen-bond donors (Lipinski definition) is 1. The molecular formula is C13H21N3O2. The van der Waals surface area contributed by atoms with Crippen LogP contribution in [0, 0.1) is 0 Å². The number of ether oxygens (including phenoxy) is 1. The van der Waals surface area contributed by atoms with Crippen LogP contribution in [0.4, 0.5) is 0 Å². The molecule has 5 heteroatoms. The SMILES string of the molecule is CCOC(=O)/C=C/CNCCCCn1ccnc1. The lowest BCUT2D eigenvalue weighted by atomic mass is 10.3. The minimum atomic E-state index is -0.278. The Labute approximate surface area is 108 Å². The second-order valence-electron chi connectivity index (χ2n) is 3.87. The minimum absolute atomic E-state index is 0.278. The van der Waals surface area contributed by atoms with Gasteiger partial charge in [0.05, 0.1) is 12.9 Å². The number of aromatic nitrogens is 2. The van der Waals surface area contributed by atoms with Crippen LogP contribution < -0.4 is 5.32 Å². The summed E-state index contributed by atoms with van der Waals surface area (Å²) < 4.78 is 6.84. The van der Waals surface area contributed by atoms with Crippen LogP contribution in [0.3, 0.4) is 0 Å². The molecule has 0 bridgehead atoms. The highest BCUT2D eigenvalue weighted by atomic mass is 16.5. The average molecular weight is 251 g/mol. The number of nitrogens with one attached hydrogen (secondary N) is 1. The third-order valence-corrected chi connectivity index (χ3v) is 2.38. The summed E-state index contributed by atoms with van der Waals surface area (Å²) in [6.45, 7) is 4.86. The van der Waals surface area contributed by atoms with Crippen LogP contribution in [-0.2, 0) is 16.1 Å². The fourth-order valence-corrected chi connectivity index (χ4v) is 1.49. The highest BCUT2D eigenvalue weighted by molar-refractivity contribution is 5.81. The normalized spacial score (nSPS) is 10.9. The Morgan fingerprint density at radius 3 is 3.11 bits per heavy atom. The van der Waals surface area contributed by atoms with Crippen molar-refractivity contribution >= 4 is 5.97 Å². The average Bonchev–Trinajstić information content (AvgIpc) is 2.86. The Kier molecular flexibility index (Phi) is 7.55. The van der Waals surface area contributed by atoms with Crippen LogP contribution in [0.1, 0.15) is 19.8 Å². The van der Waals surface area contributed by atoms with Gasteiger partial charge < -0.3 is 14.6 Å². The molecule has 0 saturated carbocycles. The molecule has 0 aliphatic rings. The monoisotopic (exact) mass is 251 g/mol. The van der Waals surface area contributed by atoms with Crippen molar-refractivity contribution in [3.05, 3.63) is 30.9 Å². The van der Waals surface area contributed by atoms with Gasteiger partial charge in [0, 0.05) is 31.6 Å². The minimum Gasteiger partial charge on any atom is -0.463 e. The van der Waals surface area contributed by atoms with Crippen LogP contribution in [0.5, 0.6) is 0 Å². The van der Waals surface area contributed by atoms with Crippen molar-refractivity contribution in [1.82, 2.24) is 14.9 Å². The highest BCUT2D eigenvalue weighted by Gasteiger charge is 1.93.